The molecule has 0 saturated carbocycles. The summed E-state index contributed by atoms with van der Waals surface area (Å²) in [7, 11) is 1.49. The van der Waals surface area contributed by atoms with Gasteiger partial charge in [0.1, 0.15) is 19.8 Å². The molecule has 0 radical (unpaired) electrons. The number of phosphoric ester groups is 1. The molecule has 9 nitrogen and oxygen atoms in total. The van der Waals surface area contributed by atoms with Gasteiger partial charge in [-0.1, -0.05) is 282 Å². The second-order valence-corrected chi connectivity index (χ2v) is 25.3. The first-order chi connectivity index (χ1) is 37.0. The molecule has 76 heavy (non-hydrogen) atoms. The highest BCUT2D eigenvalue weighted by Crippen LogP contribution is 2.43. The molecule has 0 aromatic rings. The summed E-state index contributed by atoms with van der Waals surface area (Å²) in [5.41, 5.74) is 0. The van der Waals surface area contributed by atoms with E-state index in [4.69, 9.17) is 18.5 Å². The lowest BCUT2D eigenvalue weighted by molar-refractivity contribution is -0.870. The van der Waals surface area contributed by atoms with E-state index in [2.05, 4.69) is 38.2 Å². The van der Waals surface area contributed by atoms with Crippen molar-refractivity contribution in [3.63, 3.8) is 0 Å². The minimum absolute atomic E-state index is 0.0334. The van der Waals surface area contributed by atoms with Gasteiger partial charge < -0.3 is 18.9 Å². The maximum atomic E-state index is 12.8. The minimum atomic E-state index is -4.38. The summed E-state index contributed by atoms with van der Waals surface area (Å²) in [4.78, 5) is 35.6. The molecule has 0 aliphatic rings. The predicted molar refractivity (Wildman–Crippen MR) is 326 cm³/mol. The zero-order valence-corrected chi connectivity index (χ0v) is 52.2. The molecule has 450 valence electrons. The van der Waals surface area contributed by atoms with E-state index in [9.17, 15) is 19.0 Å². The number of esters is 2. The van der Waals surface area contributed by atoms with Crippen molar-refractivity contribution in [3.05, 3.63) is 24.3 Å². The fraction of sp³-hybridized carbons (Fsp3) is 0.909. The zero-order chi connectivity index (χ0) is 55.6. The van der Waals surface area contributed by atoms with Crippen molar-refractivity contribution in [3.8, 4) is 0 Å². The van der Waals surface area contributed by atoms with E-state index in [1.54, 1.807) is 0 Å². The molecule has 0 fully saturated rings. The molecule has 0 aliphatic heterocycles. The van der Waals surface area contributed by atoms with Crippen LogP contribution in [0.3, 0.4) is 0 Å². The number of hydrogen-bond donors (Lipinski definition) is 1. The van der Waals surface area contributed by atoms with E-state index >= 15 is 0 Å². The van der Waals surface area contributed by atoms with Gasteiger partial charge in [-0.05, 0) is 64.2 Å². The summed E-state index contributed by atoms with van der Waals surface area (Å²) >= 11 is 0. The van der Waals surface area contributed by atoms with Crippen molar-refractivity contribution in [1.82, 2.24) is 0 Å². The maximum absolute atomic E-state index is 12.8. The standard InChI is InChI=1S/C66H128NO8P/c1-6-8-10-12-14-16-18-20-21-22-23-24-25-26-27-28-29-30-31-32-33-34-35-36-37-38-39-40-41-42-43-44-45-47-49-51-53-55-57-59-66(69)75-64(63-74-76(70,71)73-61-60-67(3,4)5)62-72-65(68)58-56-54-52-50-48-46-19-17-15-13-11-9-7-2/h17,19,22-23,64H,6-16,18,20-21,24-63H2,1-5H3/p+1/b19-17-,23-22-. The molecule has 0 aliphatic carbocycles. The van der Waals surface area contributed by atoms with Gasteiger partial charge in [0, 0.05) is 12.8 Å². The van der Waals surface area contributed by atoms with Crippen LogP contribution < -0.4 is 0 Å². The summed E-state index contributed by atoms with van der Waals surface area (Å²) in [6.07, 6.45) is 71.6. The number of ether oxygens (including phenoxy) is 2. The number of rotatable bonds is 62. The predicted octanol–water partition coefficient (Wildman–Crippen LogP) is 20.9. The SMILES string of the molecule is CCCCCC/C=C\CCCCCCCC(=O)OCC(COP(=O)(O)OCC[N+](C)(C)C)OC(=O)CCCCCCCCCCCCCCCCCCCCCCCCCCCCC/C=C\CCCCCCCCCC. The lowest BCUT2D eigenvalue weighted by Gasteiger charge is -2.24. The van der Waals surface area contributed by atoms with E-state index in [0.717, 1.165) is 51.4 Å². The third-order valence-electron chi connectivity index (χ3n) is 15.0. The molecule has 0 spiro atoms. The average Bonchev–Trinajstić information content (AvgIpc) is 3.38. The van der Waals surface area contributed by atoms with Crippen molar-refractivity contribution in [2.45, 2.75) is 341 Å². The first kappa shape index (κ1) is 74.5. The number of carbonyl (C=O) groups is 2. The molecule has 0 bridgehead atoms. The van der Waals surface area contributed by atoms with Crippen molar-refractivity contribution in [1.29, 1.82) is 0 Å². The highest BCUT2D eigenvalue weighted by molar-refractivity contribution is 7.47. The smallest absolute Gasteiger partial charge is 0.462 e. The lowest BCUT2D eigenvalue weighted by atomic mass is 10.0. The number of likely N-dealkylation sites (N-methyl/N-ethyl adjacent to an activating group) is 1. The normalized spacial score (nSPS) is 13.3. The van der Waals surface area contributed by atoms with Crippen LogP contribution in [0.1, 0.15) is 335 Å². The van der Waals surface area contributed by atoms with E-state index in [-0.39, 0.29) is 32.0 Å². The molecule has 1 N–H and O–H groups in total. The van der Waals surface area contributed by atoms with Crippen molar-refractivity contribution in [2.24, 2.45) is 0 Å². The van der Waals surface area contributed by atoms with Gasteiger partial charge in [0.25, 0.3) is 0 Å². The van der Waals surface area contributed by atoms with Gasteiger partial charge in [0.2, 0.25) is 0 Å². The topological polar surface area (TPSA) is 108 Å². The Labute approximate surface area is 472 Å². The van der Waals surface area contributed by atoms with Gasteiger partial charge in [-0.3, -0.25) is 18.6 Å². The summed E-state index contributed by atoms with van der Waals surface area (Å²) < 4.78 is 34.6. The number of phosphoric acid groups is 1. The second-order valence-electron chi connectivity index (χ2n) is 23.9. The molecule has 2 atom stereocenters. The van der Waals surface area contributed by atoms with Gasteiger partial charge in [-0.2, -0.15) is 0 Å². The van der Waals surface area contributed by atoms with Crippen molar-refractivity contribution < 1.29 is 42.1 Å². The molecule has 10 heteroatoms. The van der Waals surface area contributed by atoms with Crippen LogP contribution in [0.25, 0.3) is 0 Å². The monoisotopic (exact) mass is 1090 g/mol. The third-order valence-corrected chi connectivity index (χ3v) is 15.9. The Morgan fingerprint density at radius 1 is 0.395 bits per heavy atom. The summed E-state index contributed by atoms with van der Waals surface area (Å²) in [5, 5.41) is 0. The van der Waals surface area contributed by atoms with Gasteiger partial charge in [0.05, 0.1) is 27.7 Å². The number of carbonyl (C=O) groups excluding carboxylic acids is 2. The Morgan fingerprint density at radius 3 is 0.987 bits per heavy atom. The molecular formula is C66H129NO8P+. The Balaban J connectivity index is 3.84. The Hall–Kier alpha value is -1.51. The van der Waals surface area contributed by atoms with Crippen LogP contribution in [0.2, 0.25) is 0 Å². The van der Waals surface area contributed by atoms with E-state index in [1.165, 1.54) is 250 Å². The Bertz CT molecular complexity index is 1330. The summed E-state index contributed by atoms with van der Waals surface area (Å²) in [6.45, 7) is 4.45. The van der Waals surface area contributed by atoms with Gasteiger partial charge >= 0.3 is 19.8 Å². The number of nitrogens with zero attached hydrogens (tertiary/aromatic N) is 1. The highest BCUT2D eigenvalue weighted by atomic mass is 31.2. The molecule has 0 heterocycles. The largest absolute Gasteiger partial charge is 0.472 e. The van der Waals surface area contributed by atoms with Gasteiger partial charge in [-0.25, -0.2) is 4.57 Å². The molecule has 2 unspecified atom stereocenters. The molecule has 0 rings (SSSR count). The fourth-order valence-corrected chi connectivity index (χ4v) is 10.6. The first-order valence-electron chi connectivity index (χ1n) is 33.1. The number of hydrogen-bond acceptors (Lipinski definition) is 7. The lowest BCUT2D eigenvalue weighted by Crippen LogP contribution is -2.37. The van der Waals surface area contributed by atoms with E-state index in [0.29, 0.717) is 17.4 Å². The van der Waals surface area contributed by atoms with E-state index in [1.807, 2.05) is 21.1 Å². The number of allylic oxidation sites excluding steroid dienone is 4. The van der Waals surface area contributed by atoms with Crippen LogP contribution in [0, 0.1) is 0 Å². The maximum Gasteiger partial charge on any atom is 0.472 e. The quantitative estimate of drug-likeness (QED) is 0.0211. The Morgan fingerprint density at radius 2 is 0.671 bits per heavy atom. The van der Waals surface area contributed by atoms with Crippen molar-refractivity contribution >= 4 is 19.8 Å². The summed E-state index contributed by atoms with van der Waals surface area (Å²) in [6, 6.07) is 0. The molecule has 0 saturated heterocycles. The molecular weight excluding hydrogens is 966 g/mol. The third kappa shape index (κ3) is 61.7. The first-order valence-corrected chi connectivity index (χ1v) is 34.6. The van der Waals surface area contributed by atoms with Crippen LogP contribution in [0.15, 0.2) is 24.3 Å². The molecule has 0 aromatic heterocycles. The van der Waals surface area contributed by atoms with Crippen LogP contribution in [0.4, 0.5) is 0 Å². The minimum Gasteiger partial charge on any atom is -0.462 e. The fourth-order valence-electron chi connectivity index (χ4n) is 9.83. The van der Waals surface area contributed by atoms with Gasteiger partial charge in [-0.15, -0.1) is 0 Å². The molecule has 0 amide bonds. The molecule has 0 aromatic carbocycles. The average molecular weight is 1100 g/mol. The van der Waals surface area contributed by atoms with Gasteiger partial charge in [0.15, 0.2) is 6.10 Å². The number of unbranched alkanes of at least 4 members (excludes halogenated alkanes) is 44. The van der Waals surface area contributed by atoms with E-state index < -0.39 is 26.5 Å². The van der Waals surface area contributed by atoms with Crippen LogP contribution in [0.5, 0.6) is 0 Å². The highest BCUT2D eigenvalue weighted by Gasteiger charge is 2.27. The Kier molecular flexibility index (Phi) is 57.0. The zero-order valence-electron chi connectivity index (χ0n) is 51.3. The second kappa shape index (κ2) is 58.2. The number of quaternary nitrogens is 1. The van der Waals surface area contributed by atoms with Crippen LogP contribution >= 0.6 is 7.82 Å². The van der Waals surface area contributed by atoms with Crippen LogP contribution in [-0.2, 0) is 32.7 Å². The van der Waals surface area contributed by atoms with Crippen LogP contribution in [-0.4, -0.2) is 74.9 Å². The van der Waals surface area contributed by atoms with Crippen molar-refractivity contribution in [2.75, 3.05) is 47.5 Å². The summed E-state index contributed by atoms with van der Waals surface area (Å²) in [5.74, 6) is -0.792.